The van der Waals surface area contributed by atoms with Crippen molar-refractivity contribution in [3.05, 3.63) is 18.1 Å². The van der Waals surface area contributed by atoms with Crippen molar-refractivity contribution in [1.82, 2.24) is 15.0 Å². The van der Waals surface area contributed by atoms with Crippen molar-refractivity contribution >= 4 is 22.8 Å². The molecule has 6 heteroatoms. The molecule has 0 fully saturated rings. The molecule has 0 saturated carbocycles. The van der Waals surface area contributed by atoms with Crippen molar-refractivity contribution in [2.24, 2.45) is 0 Å². The zero-order valence-corrected chi connectivity index (χ0v) is 9.07. The standard InChI is InChI=1S/C10H12N4O2/c1-3-11-7-6-4-5-12-8(6)14-9(13-7)10(15)16-2/h4-5H,3H2,1-2H3,(H2,11,12,13,14). The molecule has 0 radical (unpaired) electrons. The molecule has 6 nitrogen and oxygen atoms in total. The van der Waals surface area contributed by atoms with E-state index < -0.39 is 5.97 Å². The van der Waals surface area contributed by atoms with E-state index in [1.807, 2.05) is 13.0 Å². The van der Waals surface area contributed by atoms with Crippen molar-refractivity contribution in [3.63, 3.8) is 0 Å². The van der Waals surface area contributed by atoms with Crippen LogP contribution >= 0.6 is 0 Å². The average Bonchev–Trinajstić information content (AvgIpc) is 2.76. The molecule has 16 heavy (non-hydrogen) atoms. The molecule has 0 bridgehead atoms. The van der Waals surface area contributed by atoms with Gasteiger partial charge >= 0.3 is 5.97 Å². The van der Waals surface area contributed by atoms with Gasteiger partial charge in [0.1, 0.15) is 11.5 Å². The van der Waals surface area contributed by atoms with Gasteiger partial charge in [-0.25, -0.2) is 14.8 Å². The van der Waals surface area contributed by atoms with Crippen LogP contribution in [0.1, 0.15) is 17.5 Å². The van der Waals surface area contributed by atoms with E-state index in [4.69, 9.17) is 0 Å². The number of H-pyrrole nitrogens is 1. The number of hydrogen-bond donors (Lipinski definition) is 2. The van der Waals surface area contributed by atoms with E-state index in [9.17, 15) is 4.79 Å². The van der Waals surface area contributed by atoms with Crippen LogP contribution in [0, 0.1) is 0 Å². The lowest BCUT2D eigenvalue weighted by molar-refractivity contribution is 0.0587. The van der Waals surface area contributed by atoms with E-state index in [2.05, 4.69) is 25.0 Å². The molecule has 84 valence electrons. The summed E-state index contributed by atoms with van der Waals surface area (Å²) in [6, 6.07) is 1.86. The van der Waals surface area contributed by atoms with E-state index >= 15 is 0 Å². The largest absolute Gasteiger partial charge is 0.463 e. The molecular weight excluding hydrogens is 208 g/mol. The van der Waals surface area contributed by atoms with Crippen LogP contribution in [0.15, 0.2) is 12.3 Å². The Morgan fingerprint density at radius 3 is 3.06 bits per heavy atom. The van der Waals surface area contributed by atoms with Gasteiger partial charge in [-0.1, -0.05) is 0 Å². The smallest absolute Gasteiger partial charge is 0.376 e. The zero-order chi connectivity index (χ0) is 11.5. The fraction of sp³-hybridized carbons (Fsp3) is 0.300. The predicted octanol–water partition coefficient (Wildman–Crippen LogP) is 1.18. The minimum absolute atomic E-state index is 0.0494. The first kappa shape index (κ1) is 10.4. The van der Waals surface area contributed by atoms with Crippen LogP contribution in [0.3, 0.4) is 0 Å². The number of nitrogens with one attached hydrogen (secondary N) is 2. The van der Waals surface area contributed by atoms with E-state index in [1.165, 1.54) is 7.11 Å². The molecule has 0 aliphatic rings. The van der Waals surface area contributed by atoms with Gasteiger partial charge in [0.2, 0.25) is 5.82 Å². The van der Waals surface area contributed by atoms with Gasteiger partial charge in [0.05, 0.1) is 12.5 Å². The van der Waals surface area contributed by atoms with Crippen LogP contribution in [0.25, 0.3) is 11.0 Å². The van der Waals surface area contributed by atoms with Gasteiger partial charge in [-0.15, -0.1) is 0 Å². The summed E-state index contributed by atoms with van der Waals surface area (Å²) >= 11 is 0. The maximum absolute atomic E-state index is 11.3. The summed E-state index contributed by atoms with van der Waals surface area (Å²) in [7, 11) is 1.30. The first-order valence-corrected chi connectivity index (χ1v) is 4.93. The molecule has 0 amide bonds. The third-order valence-corrected chi connectivity index (χ3v) is 2.13. The topological polar surface area (TPSA) is 79.9 Å². The van der Waals surface area contributed by atoms with Gasteiger partial charge in [0, 0.05) is 12.7 Å². The lowest BCUT2D eigenvalue weighted by Crippen LogP contribution is -2.10. The summed E-state index contributed by atoms with van der Waals surface area (Å²) in [4.78, 5) is 22.5. The van der Waals surface area contributed by atoms with Crippen LogP contribution < -0.4 is 5.32 Å². The maximum atomic E-state index is 11.3. The number of carbonyl (C=O) groups is 1. The number of rotatable bonds is 3. The normalized spacial score (nSPS) is 10.4. The number of aromatic nitrogens is 3. The van der Waals surface area contributed by atoms with Crippen LogP contribution in [0.2, 0.25) is 0 Å². The molecule has 0 saturated heterocycles. The lowest BCUT2D eigenvalue weighted by atomic mass is 10.3. The molecular formula is C10H12N4O2. The second-order valence-electron chi connectivity index (χ2n) is 3.16. The van der Waals surface area contributed by atoms with Crippen LogP contribution in [-0.4, -0.2) is 34.6 Å². The van der Waals surface area contributed by atoms with Crippen molar-refractivity contribution in [2.75, 3.05) is 19.0 Å². The summed E-state index contributed by atoms with van der Waals surface area (Å²) in [5.74, 6) is 0.137. The third-order valence-electron chi connectivity index (χ3n) is 2.13. The highest BCUT2D eigenvalue weighted by atomic mass is 16.5. The summed E-state index contributed by atoms with van der Waals surface area (Å²) in [5, 5.41) is 3.93. The summed E-state index contributed by atoms with van der Waals surface area (Å²) < 4.78 is 4.59. The number of methoxy groups -OCH3 is 1. The molecule has 0 atom stereocenters. The Hall–Kier alpha value is -2.11. The van der Waals surface area contributed by atoms with Crippen molar-refractivity contribution in [3.8, 4) is 0 Å². The first-order chi connectivity index (χ1) is 7.76. The Morgan fingerprint density at radius 1 is 1.56 bits per heavy atom. The second-order valence-corrected chi connectivity index (χ2v) is 3.16. The molecule has 2 aromatic heterocycles. The zero-order valence-electron chi connectivity index (χ0n) is 9.07. The quantitative estimate of drug-likeness (QED) is 0.759. The van der Waals surface area contributed by atoms with E-state index in [0.29, 0.717) is 11.5 Å². The van der Waals surface area contributed by atoms with Gasteiger partial charge in [0.15, 0.2) is 0 Å². The number of ether oxygens (including phenoxy) is 1. The molecule has 0 unspecified atom stereocenters. The van der Waals surface area contributed by atoms with Gasteiger partial charge in [-0.2, -0.15) is 0 Å². The fourth-order valence-corrected chi connectivity index (χ4v) is 1.43. The highest BCUT2D eigenvalue weighted by molar-refractivity contribution is 5.92. The molecule has 0 aliphatic heterocycles. The Balaban J connectivity index is 2.56. The maximum Gasteiger partial charge on any atom is 0.376 e. The molecule has 0 aliphatic carbocycles. The molecule has 2 aromatic rings. The number of fused-ring (bicyclic) bond motifs is 1. The van der Waals surface area contributed by atoms with E-state index in [1.54, 1.807) is 6.20 Å². The number of hydrogen-bond acceptors (Lipinski definition) is 5. The van der Waals surface area contributed by atoms with Crippen LogP contribution in [0.5, 0.6) is 0 Å². The molecule has 0 spiro atoms. The number of anilines is 1. The SMILES string of the molecule is CCNc1nc(C(=O)OC)nc2[nH]ccc12. The van der Waals surface area contributed by atoms with Crippen LogP contribution in [0.4, 0.5) is 5.82 Å². The summed E-state index contributed by atoms with van der Waals surface area (Å²) in [6.07, 6.45) is 1.75. The van der Waals surface area contributed by atoms with Crippen molar-refractivity contribution < 1.29 is 9.53 Å². The van der Waals surface area contributed by atoms with Gasteiger partial charge < -0.3 is 15.0 Å². The number of nitrogens with zero attached hydrogens (tertiary/aromatic N) is 2. The number of aromatic amines is 1. The minimum Gasteiger partial charge on any atom is -0.463 e. The second kappa shape index (κ2) is 4.18. The Kier molecular flexibility index (Phi) is 2.72. The van der Waals surface area contributed by atoms with Gasteiger partial charge in [-0.05, 0) is 13.0 Å². The molecule has 2 N–H and O–H groups in total. The highest BCUT2D eigenvalue weighted by Crippen LogP contribution is 2.19. The first-order valence-electron chi connectivity index (χ1n) is 4.93. The Bertz CT molecular complexity index is 521. The van der Waals surface area contributed by atoms with Crippen LogP contribution in [-0.2, 0) is 4.74 Å². The van der Waals surface area contributed by atoms with E-state index in [-0.39, 0.29) is 5.82 Å². The van der Waals surface area contributed by atoms with E-state index in [0.717, 1.165) is 11.9 Å². The Labute approximate surface area is 92.0 Å². The number of esters is 1. The van der Waals surface area contributed by atoms with Gasteiger partial charge in [0.25, 0.3) is 0 Å². The van der Waals surface area contributed by atoms with Crippen molar-refractivity contribution in [2.45, 2.75) is 6.92 Å². The Morgan fingerprint density at radius 2 is 2.38 bits per heavy atom. The minimum atomic E-state index is -0.546. The predicted molar refractivity (Wildman–Crippen MR) is 59.4 cm³/mol. The third kappa shape index (κ3) is 1.69. The molecule has 2 rings (SSSR count). The summed E-state index contributed by atoms with van der Waals surface area (Å²) in [5.41, 5.74) is 0.617. The van der Waals surface area contributed by atoms with Gasteiger partial charge in [-0.3, -0.25) is 0 Å². The molecule has 2 heterocycles. The highest BCUT2D eigenvalue weighted by Gasteiger charge is 2.14. The monoisotopic (exact) mass is 220 g/mol. The lowest BCUT2D eigenvalue weighted by Gasteiger charge is -2.05. The fourth-order valence-electron chi connectivity index (χ4n) is 1.43. The summed E-state index contributed by atoms with van der Waals surface area (Å²) in [6.45, 7) is 2.68. The average molecular weight is 220 g/mol. The number of carbonyl (C=O) groups excluding carboxylic acids is 1. The molecule has 0 aromatic carbocycles. The van der Waals surface area contributed by atoms with Crippen molar-refractivity contribution in [1.29, 1.82) is 0 Å².